The van der Waals surface area contributed by atoms with E-state index >= 15 is 0 Å². The summed E-state index contributed by atoms with van der Waals surface area (Å²) in [5.74, 6) is 1.37. The van der Waals surface area contributed by atoms with Gasteiger partial charge in [0, 0.05) is 17.6 Å². The van der Waals surface area contributed by atoms with Crippen molar-refractivity contribution in [1.82, 2.24) is 4.90 Å². The second-order valence-corrected chi connectivity index (χ2v) is 6.63. The van der Waals surface area contributed by atoms with Gasteiger partial charge >= 0.3 is 0 Å². The van der Waals surface area contributed by atoms with Gasteiger partial charge in [0.15, 0.2) is 11.5 Å². The molecule has 2 aromatic rings. The molecule has 0 aliphatic carbocycles. The van der Waals surface area contributed by atoms with Gasteiger partial charge in [-0.15, -0.1) is 0 Å². The van der Waals surface area contributed by atoms with E-state index in [2.05, 4.69) is 0 Å². The number of ether oxygens (including phenoxy) is 2. The summed E-state index contributed by atoms with van der Waals surface area (Å²) in [7, 11) is 3.23. The molecule has 4 nitrogen and oxygen atoms in total. The number of carbonyl (C=O) groups excluding carboxylic acids is 1. The average molecular weight is 372 g/mol. The Balaban J connectivity index is 1.78. The maximum absolute atomic E-state index is 12.7. The molecule has 1 unspecified atom stereocenters. The number of methoxy groups -OCH3 is 2. The van der Waals surface area contributed by atoms with Crippen LogP contribution in [0.4, 0.5) is 0 Å². The first-order valence-corrected chi connectivity index (χ1v) is 8.96. The fraction of sp³-hybridized carbons (Fsp3) is 0.286. The van der Waals surface area contributed by atoms with Crippen molar-refractivity contribution in [1.29, 1.82) is 0 Å². The van der Waals surface area contributed by atoms with Crippen LogP contribution in [0.25, 0.3) is 6.08 Å². The van der Waals surface area contributed by atoms with E-state index in [-0.39, 0.29) is 11.9 Å². The van der Waals surface area contributed by atoms with Gasteiger partial charge in [-0.05, 0) is 54.3 Å². The van der Waals surface area contributed by atoms with Gasteiger partial charge in [0.2, 0.25) is 5.91 Å². The van der Waals surface area contributed by atoms with Crippen LogP contribution < -0.4 is 9.47 Å². The standard InChI is InChI=1S/C21H22ClNO3/c1-25-19-10-9-16(14-20(19)26-2)18-7-4-12-23(18)21(24)11-8-15-5-3-6-17(22)13-15/h3,5-6,8-11,13-14,18H,4,7,12H2,1-2H3/b11-8+. The minimum Gasteiger partial charge on any atom is -0.493 e. The Kier molecular flexibility index (Phi) is 5.84. The van der Waals surface area contributed by atoms with E-state index in [1.54, 1.807) is 26.4 Å². The van der Waals surface area contributed by atoms with Crippen molar-refractivity contribution in [3.05, 3.63) is 64.7 Å². The van der Waals surface area contributed by atoms with Crippen molar-refractivity contribution in [3.8, 4) is 11.5 Å². The molecule has 1 amide bonds. The molecule has 26 heavy (non-hydrogen) atoms. The number of carbonyl (C=O) groups is 1. The van der Waals surface area contributed by atoms with Gasteiger partial charge in [0.25, 0.3) is 0 Å². The van der Waals surface area contributed by atoms with Crippen molar-refractivity contribution >= 4 is 23.6 Å². The van der Waals surface area contributed by atoms with E-state index in [0.29, 0.717) is 16.5 Å². The predicted octanol–water partition coefficient (Wildman–Crippen LogP) is 4.73. The van der Waals surface area contributed by atoms with E-state index in [9.17, 15) is 4.79 Å². The minimum atomic E-state index is 0.00209. The van der Waals surface area contributed by atoms with E-state index in [4.69, 9.17) is 21.1 Å². The predicted molar refractivity (Wildman–Crippen MR) is 104 cm³/mol. The van der Waals surface area contributed by atoms with Gasteiger partial charge in [-0.25, -0.2) is 0 Å². The first kappa shape index (κ1) is 18.3. The largest absolute Gasteiger partial charge is 0.493 e. The number of nitrogens with zero attached hydrogens (tertiary/aromatic N) is 1. The van der Waals surface area contributed by atoms with Crippen LogP contribution in [0.15, 0.2) is 48.5 Å². The van der Waals surface area contributed by atoms with Crippen LogP contribution >= 0.6 is 11.6 Å². The van der Waals surface area contributed by atoms with Crippen LogP contribution in [0.2, 0.25) is 5.02 Å². The van der Waals surface area contributed by atoms with E-state index in [0.717, 1.165) is 30.5 Å². The third-order valence-electron chi connectivity index (χ3n) is 4.60. The molecule has 136 valence electrons. The molecule has 3 rings (SSSR count). The molecule has 0 aromatic heterocycles. The molecule has 1 aliphatic heterocycles. The molecule has 1 atom stereocenters. The zero-order valence-electron chi connectivity index (χ0n) is 14.9. The van der Waals surface area contributed by atoms with Gasteiger partial charge < -0.3 is 14.4 Å². The molecule has 1 aliphatic rings. The van der Waals surface area contributed by atoms with Gasteiger partial charge in [-0.1, -0.05) is 29.8 Å². The van der Waals surface area contributed by atoms with E-state index < -0.39 is 0 Å². The first-order chi connectivity index (χ1) is 12.6. The normalized spacial score (nSPS) is 16.9. The number of rotatable bonds is 5. The van der Waals surface area contributed by atoms with Crippen LogP contribution in [-0.4, -0.2) is 31.6 Å². The Morgan fingerprint density at radius 3 is 2.69 bits per heavy atom. The molecule has 1 saturated heterocycles. The lowest BCUT2D eigenvalue weighted by molar-refractivity contribution is -0.126. The number of likely N-dealkylation sites (tertiary alicyclic amines) is 1. The number of benzene rings is 2. The zero-order chi connectivity index (χ0) is 18.5. The summed E-state index contributed by atoms with van der Waals surface area (Å²) in [5, 5.41) is 0.656. The third-order valence-corrected chi connectivity index (χ3v) is 4.83. The first-order valence-electron chi connectivity index (χ1n) is 8.58. The molecule has 0 N–H and O–H groups in total. The molecule has 1 heterocycles. The molecule has 1 fully saturated rings. The lowest BCUT2D eigenvalue weighted by Crippen LogP contribution is -2.28. The van der Waals surface area contributed by atoms with Gasteiger partial charge in [-0.2, -0.15) is 0 Å². The topological polar surface area (TPSA) is 38.8 Å². The van der Waals surface area contributed by atoms with Crippen LogP contribution in [0.3, 0.4) is 0 Å². The second kappa shape index (κ2) is 8.28. The van der Waals surface area contributed by atoms with E-state index in [1.165, 1.54) is 0 Å². The van der Waals surface area contributed by atoms with Crippen molar-refractivity contribution in [2.75, 3.05) is 20.8 Å². The lowest BCUT2D eigenvalue weighted by atomic mass is 10.0. The van der Waals surface area contributed by atoms with Gasteiger partial charge in [0.05, 0.1) is 20.3 Å². The van der Waals surface area contributed by atoms with Crippen LogP contribution in [0, 0.1) is 0 Å². The fourth-order valence-electron chi connectivity index (χ4n) is 3.31. The number of hydrogen-bond acceptors (Lipinski definition) is 3. The van der Waals surface area contributed by atoms with Crippen LogP contribution in [0.1, 0.15) is 30.0 Å². The maximum atomic E-state index is 12.7. The van der Waals surface area contributed by atoms with Crippen molar-refractivity contribution < 1.29 is 14.3 Å². The Hall–Kier alpha value is -2.46. The van der Waals surface area contributed by atoms with Crippen molar-refractivity contribution in [2.45, 2.75) is 18.9 Å². The maximum Gasteiger partial charge on any atom is 0.247 e. The Bertz CT molecular complexity index is 819. The molecule has 0 saturated carbocycles. The summed E-state index contributed by atoms with van der Waals surface area (Å²) in [4.78, 5) is 14.6. The highest BCUT2D eigenvalue weighted by Crippen LogP contribution is 2.37. The number of amides is 1. The van der Waals surface area contributed by atoms with Gasteiger partial charge in [0.1, 0.15) is 0 Å². The molecule has 0 bridgehead atoms. The summed E-state index contributed by atoms with van der Waals surface area (Å²) in [6.45, 7) is 0.748. The molecular formula is C21H22ClNO3. The quantitative estimate of drug-likeness (QED) is 0.713. The molecule has 2 aromatic carbocycles. The summed E-state index contributed by atoms with van der Waals surface area (Å²) in [5.41, 5.74) is 1.97. The second-order valence-electron chi connectivity index (χ2n) is 6.19. The van der Waals surface area contributed by atoms with Gasteiger partial charge in [-0.3, -0.25) is 4.79 Å². The fourth-order valence-corrected chi connectivity index (χ4v) is 3.51. The van der Waals surface area contributed by atoms with Crippen LogP contribution in [-0.2, 0) is 4.79 Å². The Labute approximate surface area is 159 Å². The molecular weight excluding hydrogens is 350 g/mol. The van der Waals surface area contributed by atoms with Crippen molar-refractivity contribution in [2.24, 2.45) is 0 Å². The monoisotopic (exact) mass is 371 g/mol. The Morgan fingerprint density at radius 1 is 1.15 bits per heavy atom. The third kappa shape index (κ3) is 4.02. The van der Waals surface area contributed by atoms with Crippen LogP contribution in [0.5, 0.6) is 11.5 Å². The summed E-state index contributed by atoms with van der Waals surface area (Å²) in [6, 6.07) is 13.3. The highest BCUT2D eigenvalue weighted by Gasteiger charge is 2.29. The molecule has 0 spiro atoms. The summed E-state index contributed by atoms with van der Waals surface area (Å²) in [6.07, 6.45) is 5.34. The molecule has 0 radical (unpaired) electrons. The van der Waals surface area contributed by atoms with E-state index in [1.807, 2.05) is 47.4 Å². The lowest BCUT2D eigenvalue weighted by Gasteiger charge is -2.24. The smallest absolute Gasteiger partial charge is 0.247 e. The van der Waals surface area contributed by atoms with Crippen molar-refractivity contribution in [3.63, 3.8) is 0 Å². The molecule has 5 heteroatoms. The minimum absolute atomic E-state index is 0.00209. The highest BCUT2D eigenvalue weighted by atomic mass is 35.5. The summed E-state index contributed by atoms with van der Waals surface area (Å²) >= 11 is 5.99. The summed E-state index contributed by atoms with van der Waals surface area (Å²) < 4.78 is 10.7. The highest BCUT2D eigenvalue weighted by molar-refractivity contribution is 6.30. The SMILES string of the molecule is COc1ccc(C2CCCN2C(=O)/C=C/c2cccc(Cl)c2)cc1OC. The average Bonchev–Trinajstić information content (AvgIpc) is 3.15. The Morgan fingerprint density at radius 2 is 1.96 bits per heavy atom. The number of hydrogen-bond donors (Lipinski definition) is 0. The zero-order valence-corrected chi connectivity index (χ0v) is 15.7. The number of halogens is 1.